The molecule has 0 amide bonds. The van der Waals surface area contributed by atoms with Crippen LogP contribution >= 0.6 is 0 Å². The lowest BCUT2D eigenvalue weighted by atomic mass is 9.89. The van der Waals surface area contributed by atoms with Crippen molar-refractivity contribution in [2.24, 2.45) is 5.92 Å². The number of ether oxygens (including phenoxy) is 1. The van der Waals surface area contributed by atoms with Gasteiger partial charge in [-0.2, -0.15) is 0 Å². The van der Waals surface area contributed by atoms with Crippen molar-refractivity contribution < 1.29 is 15.2 Å². The summed E-state index contributed by atoms with van der Waals surface area (Å²) in [6, 6.07) is 8.53. The first-order chi connectivity index (χ1) is 9.66. The Bertz CT molecular complexity index is 406. The van der Waals surface area contributed by atoms with Crippen LogP contribution in [0.25, 0.3) is 0 Å². The zero-order valence-electron chi connectivity index (χ0n) is 12.7. The zero-order chi connectivity index (χ0) is 14.4. The minimum absolute atomic E-state index is 0.166. The van der Waals surface area contributed by atoms with E-state index in [0.717, 1.165) is 25.9 Å². The maximum atomic E-state index is 9.98. The van der Waals surface area contributed by atoms with Gasteiger partial charge in [-0.15, -0.1) is 0 Å². The monoisotopic (exact) mass is 278 g/mol. The minimum atomic E-state index is -0.372. The predicted molar refractivity (Wildman–Crippen MR) is 80.6 cm³/mol. The van der Waals surface area contributed by atoms with Crippen molar-refractivity contribution in [3.63, 3.8) is 0 Å². The number of rotatable bonds is 7. The van der Waals surface area contributed by atoms with Crippen LogP contribution in [-0.2, 0) is 11.2 Å². The highest BCUT2D eigenvalue weighted by Gasteiger charge is 2.21. The molecule has 0 unspecified atom stereocenters. The molecule has 0 aromatic heterocycles. The molecule has 0 saturated heterocycles. The highest BCUT2D eigenvalue weighted by Crippen LogP contribution is 2.32. The van der Waals surface area contributed by atoms with Crippen molar-refractivity contribution in [2.75, 3.05) is 19.7 Å². The van der Waals surface area contributed by atoms with Gasteiger partial charge < -0.3 is 15.2 Å². The summed E-state index contributed by atoms with van der Waals surface area (Å²) in [4.78, 5) is 0. The van der Waals surface area contributed by atoms with E-state index in [9.17, 15) is 5.11 Å². The average molecular weight is 278 g/mol. The number of nitrogens with two attached hydrogens (primary N) is 1. The molecule has 0 radical (unpaired) electrons. The molecule has 1 aliphatic carbocycles. The van der Waals surface area contributed by atoms with Crippen LogP contribution in [-0.4, -0.2) is 30.9 Å². The molecule has 1 aromatic rings. The number of aryl methyl sites for hydroxylation is 1. The van der Waals surface area contributed by atoms with Gasteiger partial charge >= 0.3 is 0 Å². The molecule has 2 rings (SSSR count). The molecule has 0 heterocycles. The molecular weight excluding hydrogens is 250 g/mol. The summed E-state index contributed by atoms with van der Waals surface area (Å²) in [5.41, 5.74) is 2.72. The van der Waals surface area contributed by atoms with E-state index in [1.807, 2.05) is 0 Å². The van der Waals surface area contributed by atoms with Gasteiger partial charge in [-0.3, -0.25) is 0 Å². The Morgan fingerprint density at radius 2 is 2.10 bits per heavy atom. The van der Waals surface area contributed by atoms with Crippen LogP contribution < -0.4 is 5.32 Å². The third-order valence-corrected chi connectivity index (χ3v) is 3.88. The fraction of sp³-hybridized carbons (Fsp3) is 0.647. The van der Waals surface area contributed by atoms with Crippen LogP contribution in [0.1, 0.15) is 43.9 Å². The highest BCUT2D eigenvalue weighted by molar-refractivity contribution is 5.31. The lowest BCUT2D eigenvalue weighted by Crippen LogP contribution is -2.87. The first-order valence-electron chi connectivity index (χ1n) is 7.86. The lowest BCUT2D eigenvalue weighted by molar-refractivity contribution is -0.665. The van der Waals surface area contributed by atoms with Gasteiger partial charge in [-0.25, -0.2) is 0 Å². The number of quaternary nitrogens is 1. The molecule has 1 aliphatic rings. The van der Waals surface area contributed by atoms with Crippen molar-refractivity contribution in [2.45, 2.75) is 45.3 Å². The standard InChI is InChI=1S/C17H27NO2/c1-13(2)10-18-11-15(19)12-20-17-9-5-7-14-6-3-4-8-16(14)17/h3-4,6,8,13,15,17-19H,5,7,9-12H2,1-2H3/p+1/t15-,17+/m0/s1. The SMILES string of the molecule is CC(C)C[NH2+]C[C@H](O)CO[C@@H]1CCCc2ccccc21. The summed E-state index contributed by atoms with van der Waals surface area (Å²) >= 11 is 0. The average Bonchev–Trinajstić information content (AvgIpc) is 2.44. The van der Waals surface area contributed by atoms with E-state index in [0.29, 0.717) is 12.5 Å². The minimum Gasteiger partial charge on any atom is -0.385 e. The van der Waals surface area contributed by atoms with E-state index in [1.54, 1.807) is 0 Å². The molecule has 20 heavy (non-hydrogen) atoms. The van der Waals surface area contributed by atoms with E-state index < -0.39 is 0 Å². The van der Waals surface area contributed by atoms with Gasteiger partial charge in [0.2, 0.25) is 0 Å². The van der Waals surface area contributed by atoms with Crippen LogP contribution in [0, 0.1) is 5.92 Å². The fourth-order valence-electron chi connectivity index (χ4n) is 2.80. The summed E-state index contributed by atoms with van der Waals surface area (Å²) in [6.07, 6.45) is 3.19. The summed E-state index contributed by atoms with van der Waals surface area (Å²) < 4.78 is 5.96. The summed E-state index contributed by atoms with van der Waals surface area (Å²) in [5, 5.41) is 12.2. The summed E-state index contributed by atoms with van der Waals surface area (Å²) in [5.74, 6) is 0.660. The number of fused-ring (bicyclic) bond motifs is 1. The largest absolute Gasteiger partial charge is 0.385 e. The van der Waals surface area contributed by atoms with Gasteiger partial charge in [0, 0.05) is 5.92 Å². The molecule has 0 aliphatic heterocycles. The zero-order valence-corrected chi connectivity index (χ0v) is 12.7. The molecule has 2 atom stereocenters. The molecule has 0 spiro atoms. The predicted octanol–water partition coefficient (Wildman–Crippen LogP) is 1.66. The van der Waals surface area contributed by atoms with Crippen LogP contribution in [0.15, 0.2) is 24.3 Å². The number of aliphatic hydroxyl groups is 1. The molecule has 3 nitrogen and oxygen atoms in total. The molecular formula is C17H28NO2+. The van der Waals surface area contributed by atoms with E-state index in [4.69, 9.17) is 4.74 Å². The van der Waals surface area contributed by atoms with Gasteiger partial charge in [0.05, 0.1) is 19.3 Å². The normalized spacial score (nSPS) is 19.9. The van der Waals surface area contributed by atoms with Gasteiger partial charge in [0.25, 0.3) is 0 Å². The van der Waals surface area contributed by atoms with E-state index >= 15 is 0 Å². The van der Waals surface area contributed by atoms with Gasteiger partial charge in [0.1, 0.15) is 12.6 Å². The third kappa shape index (κ3) is 4.58. The van der Waals surface area contributed by atoms with Crippen molar-refractivity contribution in [3.05, 3.63) is 35.4 Å². The van der Waals surface area contributed by atoms with Gasteiger partial charge in [-0.05, 0) is 30.4 Å². The third-order valence-electron chi connectivity index (χ3n) is 3.88. The summed E-state index contributed by atoms with van der Waals surface area (Å²) in [7, 11) is 0. The van der Waals surface area contributed by atoms with Crippen molar-refractivity contribution in [1.29, 1.82) is 0 Å². The number of benzene rings is 1. The molecule has 1 aromatic carbocycles. The Labute approximate surface area is 122 Å². The Kier molecular flexibility index (Phi) is 6.02. The Balaban J connectivity index is 1.77. The molecule has 112 valence electrons. The summed E-state index contributed by atoms with van der Waals surface area (Å²) in [6.45, 7) is 6.61. The molecule has 0 fully saturated rings. The van der Waals surface area contributed by atoms with E-state index in [-0.39, 0.29) is 12.2 Å². The quantitative estimate of drug-likeness (QED) is 0.797. The van der Waals surface area contributed by atoms with Gasteiger partial charge in [-0.1, -0.05) is 38.1 Å². The fourth-order valence-corrected chi connectivity index (χ4v) is 2.80. The van der Waals surface area contributed by atoms with E-state index in [1.165, 1.54) is 17.5 Å². The van der Waals surface area contributed by atoms with Crippen molar-refractivity contribution in [1.82, 2.24) is 0 Å². The van der Waals surface area contributed by atoms with Crippen LogP contribution in [0.4, 0.5) is 0 Å². The Morgan fingerprint density at radius 3 is 2.90 bits per heavy atom. The molecule has 0 saturated carbocycles. The first-order valence-corrected chi connectivity index (χ1v) is 7.86. The van der Waals surface area contributed by atoms with Crippen LogP contribution in [0.2, 0.25) is 0 Å². The maximum absolute atomic E-state index is 9.98. The molecule has 0 bridgehead atoms. The van der Waals surface area contributed by atoms with Crippen molar-refractivity contribution >= 4 is 0 Å². The van der Waals surface area contributed by atoms with Gasteiger partial charge in [0.15, 0.2) is 0 Å². The highest BCUT2D eigenvalue weighted by atomic mass is 16.5. The topological polar surface area (TPSA) is 46.1 Å². The molecule has 3 heteroatoms. The Morgan fingerprint density at radius 1 is 1.30 bits per heavy atom. The Hall–Kier alpha value is -0.900. The van der Waals surface area contributed by atoms with E-state index in [2.05, 4.69) is 43.4 Å². The number of hydrogen-bond donors (Lipinski definition) is 2. The van der Waals surface area contributed by atoms with Crippen LogP contribution in [0.5, 0.6) is 0 Å². The molecule has 3 N–H and O–H groups in total. The second kappa shape index (κ2) is 7.77. The second-order valence-electron chi connectivity index (χ2n) is 6.22. The number of aliphatic hydroxyl groups excluding tert-OH is 1. The first kappa shape index (κ1) is 15.5. The second-order valence-corrected chi connectivity index (χ2v) is 6.22. The smallest absolute Gasteiger partial charge is 0.126 e. The number of hydrogen-bond acceptors (Lipinski definition) is 2. The maximum Gasteiger partial charge on any atom is 0.126 e. The lowest BCUT2D eigenvalue weighted by Gasteiger charge is -2.26. The van der Waals surface area contributed by atoms with Crippen LogP contribution in [0.3, 0.4) is 0 Å². The van der Waals surface area contributed by atoms with Crippen molar-refractivity contribution in [3.8, 4) is 0 Å².